The lowest BCUT2D eigenvalue weighted by Gasteiger charge is -2.05. The van der Waals surface area contributed by atoms with E-state index in [4.69, 9.17) is 5.73 Å². The van der Waals surface area contributed by atoms with Gasteiger partial charge in [-0.3, -0.25) is 10.1 Å². The van der Waals surface area contributed by atoms with E-state index in [0.717, 1.165) is 10.4 Å². The van der Waals surface area contributed by atoms with Crippen LogP contribution in [0.5, 0.6) is 0 Å². The number of aromatic nitrogens is 5. The number of rotatable bonds is 4. The third-order valence-corrected chi connectivity index (χ3v) is 4.80. The number of hydrogen-bond donors (Lipinski definition) is 1. The van der Waals surface area contributed by atoms with Crippen molar-refractivity contribution in [3.05, 3.63) is 57.0 Å². The molecule has 26 heavy (non-hydrogen) atoms. The van der Waals surface area contributed by atoms with Crippen LogP contribution in [0.25, 0.3) is 21.7 Å². The van der Waals surface area contributed by atoms with Crippen molar-refractivity contribution < 1.29 is 4.92 Å². The lowest BCUT2D eigenvalue weighted by molar-refractivity contribution is -0.385. The topological polar surface area (TPSA) is 126 Å². The molecule has 4 rings (SSSR count). The van der Waals surface area contributed by atoms with Gasteiger partial charge in [0, 0.05) is 11.6 Å². The normalized spacial score (nSPS) is 11.1. The monoisotopic (exact) mass is 367 g/mol. The summed E-state index contributed by atoms with van der Waals surface area (Å²) >= 11 is 1.53. The largest absolute Gasteiger partial charge is 0.368 e. The maximum atomic E-state index is 11.0. The maximum Gasteiger partial charge on any atom is 0.272 e. The minimum Gasteiger partial charge on any atom is -0.368 e. The molecule has 0 aliphatic rings. The number of benzene rings is 1. The molecule has 2 N–H and O–H groups in total. The van der Waals surface area contributed by atoms with Gasteiger partial charge in [-0.1, -0.05) is 17.3 Å². The van der Waals surface area contributed by atoms with Crippen molar-refractivity contribution in [2.24, 2.45) is 0 Å². The highest BCUT2D eigenvalue weighted by atomic mass is 32.1. The summed E-state index contributed by atoms with van der Waals surface area (Å²) in [4.78, 5) is 20.1. The minimum absolute atomic E-state index is 0.0868. The highest BCUT2D eigenvalue weighted by Crippen LogP contribution is 2.29. The Bertz CT molecular complexity index is 1120. The van der Waals surface area contributed by atoms with Crippen LogP contribution >= 0.6 is 11.3 Å². The summed E-state index contributed by atoms with van der Waals surface area (Å²) in [5.41, 5.74) is 9.14. The van der Waals surface area contributed by atoms with E-state index in [-0.39, 0.29) is 11.6 Å². The van der Waals surface area contributed by atoms with Crippen LogP contribution in [0.1, 0.15) is 11.1 Å². The van der Waals surface area contributed by atoms with E-state index in [0.29, 0.717) is 29.0 Å². The molecule has 0 aliphatic heterocycles. The summed E-state index contributed by atoms with van der Waals surface area (Å²) in [5, 5.41) is 21.3. The number of nitrogens with zero attached hydrogens (tertiary/aromatic N) is 6. The minimum atomic E-state index is -0.398. The van der Waals surface area contributed by atoms with Gasteiger partial charge in [0.1, 0.15) is 5.69 Å². The van der Waals surface area contributed by atoms with Crippen LogP contribution in [0.15, 0.2) is 35.7 Å². The Balaban J connectivity index is 1.77. The molecule has 0 atom stereocenters. The Kier molecular flexibility index (Phi) is 3.81. The summed E-state index contributed by atoms with van der Waals surface area (Å²) in [6, 6.07) is 8.81. The Labute approximate surface area is 151 Å². The molecule has 0 spiro atoms. The predicted molar refractivity (Wildman–Crippen MR) is 97.8 cm³/mol. The fourth-order valence-corrected chi connectivity index (χ4v) is 3.47. The molecule has 1 aromatic carbocycles. The molecule has 0 radical (unpaired) electrons. The lowest BCUT2D eigenvalue weighted by atomic mass is 10.1. The van der Waals surface area contributed by atoms with Crippen molar-refractivity contribution >= 4 is 34.1 Å². The van der Waals surface area contributed by atoms with Gasteiger partial charge in [0.25, 0.3) is 5.69 Å². The quantitative estimate of drug-likeness (QED) is 0.434. The highest BCUT2D eigenvalue weighted by Gasteiger charge is 2.17. The molecule has 10 heteroatoms. The second kappa shape index (κ2) is 6.15. The summed E-state index contributed by atoms with van der Waals surface area (Å²) in [5.74, 6) is 0.143. The molecule has 0 fully saturated rings. The molecule has 0 saturated carbocycles. The number of aryl methyl sites for hydroxylation is 1. The Hall–Kier alpha value is -3.40. The van der Waals surface area contributed by atoms with Gasteiger partial charge in [0.05, 0.1) is 16.3 Å². The first kappa shape index (κ1) is 16.1. The Morgan fingerprint density at radius 2 is 2.15 bits per heavy atom. The first-order chi connectivity index (χ1) is 12.5. The highest BCUT2D eigenvalue weighted by molar-refractivity contribution is 7.13. The van der Waals surface area contributed by atoms with Gasteiger partial charge in [-0.05, 0) is 30.0 Å². The maximum absolute atomic E-state index is 11.0. The fraction of sp³-hybridized carbons (Fsp3) is 0.125. The van der Waals surface area contributed by atoms with Crippen molar-refractivity contribution in [1.82, 2.24) is 25.0 Å². The van der Waals surface area contributed by atoms with Crippen molar-refractivity contribution in [2.75, 3.05) is 5.73 Å². The van der Waals surface area contributed by atoms with E-state index in [9.17, 15) is 10.1 Å². The van der Waals surface area contributed by atoms with Crippen LogP contribution in [0.4, 0.5) is 11.6 Å². The summed E-state index contributed by atoms with van der Waals surface area (Å²) < 4.78 is 1.62. The third kappa shape index (κ3) is 2.75. The molecule has 3 heterocycles. The van der Waals surface area contributed by atoms with Crippen molar-refractivity contribution in [2.45, 2.75) is 13.5 Å². The van der Waals surface area contributed by atoms with Gasteiger partial charge >= 0.3 is 0 Å². The van der Waals surface area contributed by atoms with Gasteiger partial charge in [-0.15, -0.1) is 16.4 Å². The number of nitro groups is 1. The first-order valence-electron chi connectivity index (χ1n) is 7.67. The van der Waals surface area contributed by atoms with Crippen molar-refractivity contribution in [3.8, 4) is 10.6 Å². The van der Waals surface area contributed by atoms with Crippen LogP contribution < -0.4 is 5.73 Å². The standard InChI is InChI=1S/C16H13N7O2S/c1-9-7-10(4-5-11(9)23(24)25)8-22-15-14(20-21-22)13(18-16(17)19-15)12-3-2-6-26-12/h2-7H,8H2,1H3,(H2,17,18,19). The molecule has 0 amide bonds. The van der Waals surface area contributed by atoms with E-state index in [1.807, 2.05) is 17.5 Å². The Morgan fingerprint density at radius 1 is 1.31 bits per heavy atom. The van der Waals surface area contributed by atoms with E-state index < -0.39 is 4.92 Å². The zero-order valence-electron chi connectivity index (χ0n) is 13.7. The fourth-order valence-electron chi connectivity index (χ4n) is 2.76. The number of nitrogen functional groups attached to an aromatic ring is 1. The smallest absolute Gasteiger partial charge is 0.272 e. The zero-order chi connectivity index (χ0) is 18.3. The van der Waals surface area contributed by atoms with Gasteiger partial charge in [0.2, 0.25) is 5.95 Å². The number of nitro benzene ring substituents is 1. The molecule has 9 nitrogen and oxygen atoms in total. The van der Waals surface area contributed by atoms with Crippen LogP contribution in [0, 0.1) is 17.0 Å². The van der Waals surface area contributed by atoms with Crippen LogP contribution in [0.2, 0.25) is 0 Å². The molecular weight excluding hydrogens is 354 g/mol. The Morgan fingerprint density at radius 3 is 2.85 bits per heavy atom. The van der Waals surface area contributed by atoms with Crippen LogP contribution in [0.3, 0.4) is 0 Å². The van der Waals surface area contributed by atoms with Crippen LogP contribution in [-0.4, -0.2) is 29.9 Å². The second-order valence-electron chi connectivity index (χ2n) is 5.70. The zero-order valence-corrected chi connectivity index (χ0v) is 14.5. The number of fused-ring (bicyclic) bond motifs is 1. The second-order valence-corrected chi connectivity index (χ2v) is 6.65. The van der Waals surface area contributed by atoms with Crippen LogP contribution in [-0.2, 0) is 6.54 Å². The third-order valence-electron chi connectivity index (χ3n) is 3.92. The summed E-state index contributed by atoms with van der Waals surface area (Å²) in [6.07, 6.45) is 0. The van der Waals surface area contributed by atoms with E-state index >= 15 is 0 Å². The average Bonchev–Trinajstić information content (AvgIpc) is 3.24. The number of anilines is 1. The predicted octanol–water partition coefficient (Wildman–Crippen LogP) is 2.80. The molecule has 130 valence electrons. The SMILES string of the molecule is Cc1cc(Cn2nnc3c(-c4cccs4)nc(N)nc32)ccc1[N+](=O)[O-]. The number of thiophene rings is 1. The van der Waals surface area contributed by atoms with Crippen molar-refractivity contribution in [3.63, 3.8) is 0 Å². The molecule has 4 aromatic rings. The first-order valence-corrected chi connectivity index (χ1v) is 8.55. The van der Waals surface area contributed by atoms with Crippen molar-refractivity contribution in [1.29, 1.82) is 0 Å². The molecule has 0 saturated heterocycles. The van der Waals surface area contributed by atoms with Gasteiger partial charge in [0.15, 0.2) is 11.2 Å². The molecule has 3 aromatic heterocycles. The van der Waals surface area contributed by atoms with E-state index in [1.165, 1.54) is 17.4 Å². The summed E-state index contributed by atoms with van der Waals surface area (Å²) in [7, 11) is 0. The molecular formula is C16H13N7O2S. The lowest BCUT2D eigenvalue weighted by Crippen LogP contribution is -2.05. The van der Waals surface area contributed by atoms with E-state index in [2.05, 4.69) is 20.3 Å². The van der Waals surface area contributed by atoms with Gasteiger partial charge in [-0.2, -0.15) is 4.98 Å². The molecule has 0 aliphatic carbocycles. The van der Waals surface area contributed by atoms with Gasteiger partial charge in [-0.25, -0.2) is 9.67 Å². The summed E-state index contributed by atoms with van der Waals surface area (Å²) in [6.45, 7) is 2.08. The number of nitrogens with two attached hydrogens (primary N) is 1. The van der Waals surface area contributed by atoms with Gasteiger partial charge < -0.3 is 5.73 Å². The molecule has 0 bridgehead atoms. The van der Waals surface area contributed by atoms with E-state index in [1.54, 1.807) is 23.7 Å². The number of hydrogen-bond acceptors (Lipinski definition) is 8. The molecule has 0 unspecified atom stereocenters. The average molecular weight is 367 g/mol.